The highest BCUT2D eigenvalue weighted by Crippen LogP contribution is 2.56. The van der Waals surface area contributed by atoms with Crippen LogP contribution in [0.15, 0.2) is 64.1 Å². The maximum Gasteiger partial charge on any atom is 0.262 e. The third-order valence-corrected chi connectivity index (χ3v) is 9.46. The number of likely N-dealkylation sites (N-methyl/N-ethyl adjacent to an activating group) is 1. The van der Waals surface area contributed by atoms with Crippen molar-refractivity contribution < 1.29 is 9.90 Å². The molecule has 0 saturated carbocycles. The molecule has 2 aliphatic heterocycles. The molecule has 0 fully saturated rings. The van der Waals surface area contributed by atoms with Crippen molar-refractivity contribution in [1.82, 2.24) is 14.7 Å². The predicted molar refractivity (Wildman–Crippen MR) is 168 cm³/mol. The maximum absolute atomic E-state index is 14.2. The van der Waals surface area contributed by atoms with Crippen molar-refractivity contribution >= 4 is 46.0 Å². The van der Waals surface area contributed by atoms with Crippen LogP contribution in [0.1, 0.15) is 58.2 Å². The number of benzene rings is 2. The minimum atomic E-state index is -0.604. The number of halogens is 2. The second-order valence-corrected chi connectivity index (χ2v) is 13.4. The third-order valence-electron chi connectivity index (χ3n) is 7.89. The topological polar surface area (TPSA) is 59.4 Å². The van der Waals surface area contributed by atoms with E-state index in [1.807, 2.05) is 74.1 Å². The summed E-state index contributed by atoms with van der Waals surface area (Å²) in [7, 11) is 3.91. The van der Waals surface area contributed by atoms with Gasteiger partial charge < -0.3 is 19.8 Å². The van der Waals surface area contributed by atoms with Crippen LogP contribution in [0.25, 0.3) is 0 Å². The van der Waals surface area contributed by atoms with Crippen molar-refractivity contribution in [3.05, 3.63) is 80.3 Å². The first kappa shape index (κ1) is 30.9. The van der Waals surface area contributed by atoms with E-state index in [-0.39, 0.29) is 36.6 Å². The van der Waals surface area contributed by atoms with Gasteiger partial charge in [0, 0.05) is 34.4 Å². The minimum absolute atomic E-state index is 0.00861. The Labute approximate surface area is 253 Å². The normalized spacial score (nSPS) is 21.5. The first-order valence-electron chi connectivity index (χ1n) is 13.8. The van der Waals surface area contributed by atoms with Crippen molar-refractivity contribution in [2.24, 2.45) is 10.9 Å². The summed E-state index contributed by atoms with van der Waals surface area (Å²) >= 11 is 14.0. The highest BCUT2D eigenvalue weighted by Gasteiger charge is 2.53. The number of carbonyl (C=O) groups excluding carboxylic acids is 1. The number of nitrogens with zero attached hydrogens (tertiary/aromatic N) is 4. The monoisotopic (exact) mass is 602 g/mol. The summed E-state index contributed by atoms with van der Waals surface area (Å²) in [6.07, 6.45) is 0.690. The van der Waals surface area contributed by atoms with Gasteiger partial charge in [-0.2, -0.15) is 0 Å². The van der Waals surface area contributed by atoms with Crippen LogP contribution in [0.4, 0.5) is 0 Å². The van der Waals surface area contributed by atoms with Crippen LogP contribution < -0.4 is 0 Å². The Morgan fingerprint density at radius 1 is 1.05 bits per heavy atom. The average Bonchev–Trinajstić information content (AvgIpc) is 3.39. The molecule has 0 aromatic heterocycles. The fourth-order valence-electron chi connectivity index (χ4n) is 5.59. The van der Waals surface area contributed by atoms with Crippen LogP contribution in [0.3, 0.4) is 0 Å². The molecule has 2 aromatic carbocycles. The zero-order valence-electron chi connectivity index (χ0n) is 24.4. The van der Waals surface area contributed by atoms with Gasteiger partial charge >= 0.3 is 0 Å². The Bertz CT molecular complexity index is 1280. The molecule has 4 rings (SSSR count). The predicted octanol–water partition coefficient (Wildman–Crippen LogP) is 6.79. The van der Waals surface area contributed by atoms with E-state index in [1.165, 1.54) is 11.8 Å². The van der Waals surface area contributed by atoms with Gasteiger partial charge in [-0.25, -0.2) is 4.99 Å². The Hall–Kier alpha value is -2.03. The lowest BCUT2D eigenvalue weighted by Gasteiger charge is -2.37. The number of thioether (sulfide) groups is 1. The van der Waals surface area contributed by atoms with Gasteiger partial charge in [-0.1, -0.05) is 61.3 Å². The first-order chi connectivity index (χ1) is 18.9. The van der Waals surface area contributed by atoms with Gasteiger partial charge in [0.1, 0.15) is 10.4 Å². The largest absolute Gasteiger partial charge is 0.395 e. The quantitative estimate of drug-likeness (QED) is 0.324. The molecule has 2 aliphatic rings. The molecule has 9 heteroatoms. The van der Waals surface area contributed by atoms with Crippen molar-refractivity contribution in [3.63, 3.8) is 0 Å². The molecule has 1 N–H and O–H groups in total. The summed E-state index contributed by atoms with van der Waals surface area (Å²) in [5.41, 5.74) is 2.51. The molecule has 2 aromatic rings. The zero-order chi connectivity index (χ0) is 29.4. The number of aliphatic imine (C=N–C) groups is 1. The Balaban J connectivity index is 1.78. The number of aliphatic hydroxyl groups is 1. The number of aliphatic hydroxyl groups excluding tert-OH is 1. The number of hydrogen-bond acceptors (Lipinski definition) is 6. The third kappa shape index (κ3) is 5.95. The van der Waals surface area contributed by atoms with Crippen molar-refractivity contribution in [2.45, 2.75) is 64.7 Å². The molecule has 40 heavy (non-hydrogen) atoms. The molecular formula is C31H40Cl2N4O2S. The summed E-state index contributed by atoms with van der Waals surface area (Å²) in [4.78, 5) is 26.5. The fraction of sp³-hybridized carbons (Fsp3) is 0.484. The lowest BCUT2D eigenvalue weighted by atomic mass is 9.81. The Morgan fingerprint density at radius 3 is 2.12 bits per heavy atom. The molecule has 0 bridgehead atoms. The standard InChI is InChI=1S/C31H40Cl2N4O2S/c1-19(2)26-27(29(39)36(20(3)4)17-16-25(18-38)35(6)7)40-30-34-31(5,22-10-14-24(33)15-11-22)28(37(26)30)21-8-12-23(32)13-9-21/h8-15,19-20,25,28,38H,16-18H2,1-7H3/t25-,28+,31-/m0/s1. The first-order valence-corrected chi connectivity index (χ1v) is 15.4. The summed E-state index contributed by atoms with van der Waals surface area (Å²) in [6.45, 7) is 11.1. The smallest absolute Gasteiger partial charge is 0.262 e. The molecule has 6 nitrogen and oxygen atoms in total. The SMILES string of the molecule is CC(C)C1=C(C(=O)N(CC[C@@H](CO)N(C)C)C(C)C)SC2=N[C@@](C)(c3ccc(Cl)cc3)[C@@H](c3ccc(Cl)cc3)N21. The molecule has 0 radical (unpaired) electrons. The number of amidine groups is 1. The van der Waals surface area contributed by atoms with E-state index in [2.05, 4.69) is 37.8 Å². The number of rotatable bonds is 10. The number of carbonyl (C=O) groups is 1. The lowest BCUT2D eigenvalue weighted by molar-refractivity contribution is -0.128. The van der Waals surface area contributed by atoms with Gasteiger partial charge in [0.05, 0.1) is 12.6 Å². The minimum Gasteiger partial charge on any atom is -0.395 e. The van der Waals surface area contributed by atoms with Gasteiger partial charge in [-0.3, -0.25) is 4.79 Å². The number of amides is 1. The van der Waals surface area contributed by atoms with Gasteiger partial charge in [0.15, 0.2) is 5.17 Å². The summed E-state index contributed by atoms with van der Waals surface area (Å²) in [6, 6.07) is 15.6. The van der Waals surface area contributed by atoms with Crippen LogP contribution in [0.2, 0.25) is 10.0 Å². The van der Waals surface area contributed by atoms with Crippen LogP contribution >= 0.6 is 35.0 Å². The van der Waals surface area contributed by atoms with Gasteiger partial charge in [0.25, 0.3) is 5.91 Å². The molecule has 216 valence electrons. The highest BCUT2D eigenvalue weighted by molar-refractivity contribution is 8.18. The summed E-state index contributed by atoms with van der Waals surface area (Å²) < 4.78 is 0. The Kier molecular flexibility index (Phi) is 9.63. The second-order valence-electron chi connectivity index (χ2n) is 11.5. The van der Waals surface area contributed by atoms with E-state index in [9.17, 15) is 9.90 Å². The average molecular weight is 604 g/mol. The van der Waals surface area contributed by atoms with Gasteiger partial charge in [-0.15, -0.1) is 0 Å². The van der Waals surface area contributed by atoms with E-state index in [1.54, 1.807) is 0 Å². The zero-order valence-corrected chi connectivity index (χ0v) is 26.7. The molecule has 0 unspecified atom stereocenters. The Morgan fingerprint density at radius 2 is 1.62 bits per heavy atom. The van der Waals surface area contributed by atoms with E-state index in [4.69, 9.17) is 28.2 Å². The van der Waals surface area contributed by atoms with Crippen molar-refractivity contribution in [3.8, 4) is 0 Å². The van der Waals surface area contributed by atoms with Crippen molar-refractivity contribution in [2.75, 3.05) is 27.2 Å². The lowest BCUT2D eigenvalue weighted by Crippen LogP contribution is -2.42. The number of hydrogen-bond donors (Lipinski definition) is 1. The number of allylic oxidation sites excluding steroid dienone is 1. The van der Waals surface area contributed by atoms with Gasteiger partial charge in [0.2, 0.25) is 0 Å². The van der Waals surface area contributed by atoms with E-state index >= 15 is 0 Å². The van der Waals surface area contributed by atoms with Crippen LogP contribution in [0.5, 0.6) is 0 Å². The molecule has 1 amide bonds. The second kappa shape index (κ2) is 12.5. The van der Waals surface area contributed by atoms with Crippen molar-refractivity contribution in [1.29, 1.82) is 0 Å². The molecule has 0 saturated heterocycles. The van der Waals surface area contributed by atoms with Crippen LogP contribution in [0, 0.1) is 5.92 Å². The summed E-state index contributed by atoms with van der Waals surface area (Å²) in [5, 5.41) is 12.0. The molecule has 3 atom stereocenters. The van der Waals surface area contributed by atoms with Crippen LogP contribution in [-0.2, 0) is 10.3 Å². The summed E-state index contributed by atoms with van der Waals surface area (Å²) in [5.74, 6) is 0.0989. The molecule has 0 spiro atoms. The maximum atomic E-state index is 14.2. The van der Waals surface area contributed by atoms with E-state index in [0.29, 0.717) is 23.0 Å². The van der Waals surface area contributed by atoms with Gasteiger partial charge in [-0.05, 0) is 94.4 Å². The highest BCUT2D eigenvalue weighted by atomic mass is 35.5. The molecule has 2 heterocycles. The molecule has 0 aliphatic carbocycles. The molecular weight excluding hydrogens is 563 g/mol. The number of fused-ring (bicyclic) bond motifs is 1. The van der Waals surface area contributed by atoms with E-state index < -0.39 is 5.54 Å². The van der Waals surface area contributed by atoms with Crippen LogP contribution in [-0.4, -0.2) is 70.2 Å². The van der Waals surface area contributed by atoms with E-state index in [0.717, 1.165) is 26.9 Å². The fourth-order valence-corrected chi connectivity index (χ4v) is 7.21.